The average Bonchev–Trinajstić information content (AvgIpc) is 2.69. The van der Waals surface area contributed by atoms with Crippen molar-refractivity contribution in [2.45, 2.75) is 45.7 Å². The molecule has 0 aromatic heterocycles. The second-order valence-electron chi connectivity index (χ2n) is 5.65. The second kappa shape index (κ2) is 1.60. The Morgan fingerprint density at radius 2 is 1.83 bits per heavy atom. The lowest BCUT2D eigenvalue weighted by atomic mass is 9.68. The fourth-order valence-corrected chi connectivity index (χ4v) is 3.77. The summed E-state index contributed by atoms with van der Waals surface area (Å²) in [6, 6.07) is 0. The van der Waals surface area contributed by atoms with Gasteiger partial charge in [-0.2, -0.15) is 0 Å². The average molecular weight is 166 g/mol. The molecule has 0 aromatic rings. The highest BCUT2D eigenvalue weighted by Gasteiger charge is 2.73. The van der Waals surface area contributed by atoms with Crippen molar-refractivity contribution in [2.75, 3.05) is 0 Å². The molecule has 1 spiro atoms. The molecular weight excluding hydrogens is 148 g/mol. The van der Waals surface area contributed by atoms with Crippen LogP contribution in [0, 0.1) is 16.7 Å². The number of hydrazine groups is 1. The zero-order chi connectivity index (χ0) is 8.61. The van der Waals surface area contributed by atoms with Crippen LogP contribution in [0.25, 0.3) is 0 Å². The molecule has 3 rings (SSSR count). The molecule has 3 aliphatic rings. The fraction of sp³-hybridized carbons (Fsp3) is 1.00. The lowest BCUT2D eigenvalue weighted by molar-refractivity contribution is 0.119. The third-order valence-corrected chi connectivity index (χ3v) is 5.36. The van der Waals surface area contributed by atoms with Crippen molar-refractivity contribution in [1.29, 1.82) is 0 Å². The van der Waals surface area contributed by atoms with Gasteiger partial charge in [0.05, 0.1) is 0 Å². The number of fused-ring (bicyclic) bond motifs is 3. The summed E-state index contributed by atoms with van der Waals surface area (Å²) in [6.45, 7) is 7.34. The van der Waals surface area contributed by atoms with E-state index in [1.54, 1.807) is 0 Å². The van der Waals surface area contributed by atoms with Crippen LogP contribution in [0.2, 0.25) is 0 Å². The van der Waals surface area contributed by atoms with Crippen LogP contribution in [0.3, 0.4) is 0 Å². The highest BCUT2D eigenvalue weighted by molar-refractivity contribution is 5.23. The van der Waals surface area contributed by atoms with E-state index in [-0.39, 0.29) is 0 Å². The molecule has 2 heteroatoms. The van der Waals surface area contributed by atoms with Gasteiger partial charge in [-0.25, -0.2) is 10.9 Å². The van der Waals surface area contributed by atoms with Crippen LogP contribution in [0.5, 0.6) is 0 Å². The molecule has 2 saturated carbocycles. The third kappa shape index (κ3) is 0.495. The Hall–Kier alpha value is -0.0800. The quantitative estimate of drug-likeness (QED) is 0.537. The molecule has 0 amide bonds. The van der Waals surface area contributed by atoms with Crippen LogP contribution in [0.4, 0.5) is 0 Å². The molecule has 2 nitrogen and oxygen atoms in total. The van der Waals surface area contributed by atoms with Gasteiger partial charge in [-0.3, -0.25) is 0 Å². The molecule has 0 radical (unpaired) electrons. The first kappa shape index (κ1) is 7.34. The number of hydrogen-bond donors (Lipinski definition) is 2. The summed E-state index contributed by atoms with van der Waals surface area (Å²) < 4.78 is 0. The predicted octanol–water partition coefficient (Wildman–Crippen LogP) is 1.64. The topological polar surface area (TPSA) is 43.9 Å². The van der Waals surface area contributed by atoms with Crippen molar-refractivity contribution in [3.8, 4) is 0 Å². The highest BCUT2D eigenvalue weighted by Crippen LogP contribution is 2.70. The minimum absolute atomic E-state index is 0.333. The second-order valence-corrected chi connectivity index (χ2v) is 5.65. The molecule has 12 heavy (non-hydrogen) atoms. The van der Waals surface area contributed by atoms with Crippen LogP contribution >= 0.6 is 0 Å². The molecule has 0 unspecified atom stereocenters. The van der Waals surface area contributed by atoms with Gasteiger partial charge < -0.3 is 0 Å². The van der Waals surface area contributed by atoms with Crippen LogP contribution in [-0.4, -0.2) is 5.66 Å². The zero-order valence-electron chi connectivity index (χ0n) is 8.20. The summed E-state index contributed by atoms with van der Waals surface area (Å²) in [5, 5.41) is 0. The van der Waals surface area contributed by atoms with Gasteiger partial charge in [-0.05, 0) is 30.6 Å². The summed E-state index contributed by atoms with van der Waals surface area (Å²) in [6.07, 6.45) is 4.18. The van der Waals surface area contributed by atoms with Gasteiger partial charge in [-0.15, -0.1) is 0 Å². The van der Waals surface area contributed by atoms with Gasteiger partial charge in [0.15, 0.2) is 0 Å². The summed E-state index contributed by atoms with van der Waals surface area (Å²) >= 11 is 0. The van der Waals surface area contributed by atoms with Crippen molar-refractivity contribution in [3.63, 3.8) is 0 Å². The minimum Gasteiger partial charge on any atom is -0.234 e. The first-order valence-electron chi connectivity index (χ1n) is 5.06. The Labute approximate surface area is 74.1 Å². The van der Waals surface area contributed by atoms with E-state index in [0.29, 0.717) is 16.5 Å². The normalized spacial score (nSPS) is 51.8. The van der Waals surface area contributed by atoms with Crippen LogP contribution < -0.4 is 10.9 Å². The van der Waals surface area contributed by atoms with Crippen molar-refractivity contribution in [3.05, 3.63) is 0 Å². The van der Waals surface area contributed by atoms with E-state index in [1.165, 1.54) is 19.3 Å². The Morgan fingerprint density at radius 3 is 2.08 bits per heavy atom. The van der Waals surface area contributed by atoms with Crippen molar-refractivity contribution in [2.24, 2.45) is 16.7 Å². The first-order chi connectivity index (χ1) is 5.52. The molecule has 0 aromatic carbocycles. The molecule has 2 aliphatic carbocycles. The van der Waals surface area contributed by atoms with Gasteiger partial charge in [0.25, 0.3) is 0 Å². The van der Waals surface area contributed by atoms with Gasteiger partial charge in [0.2, 0.25) is 0 Å². The van der Waals surface area contributed by atoms with E-state index in [2.05, 4.69) is 31.6 Å². The summed E-state index contributed by atoms with van der Waals surface area (Å²) in [7, 11) is 0. The molecule has 1 heterocycles. The maximum absolute atomic E-state index is 3.39. The molecule has 2 atom stereocenters. The highest BCUT2D eigenvalue weighted by atomic mass is 15.7. The van der Waals surface area contributed by atoms with E-state index in [0.717, 1.165) is 5.92 Å². The summed E-state index contributed by atoms with van der Waals surface area (Å²) in [5.41, 5.74) is 8.13. The van der Waals surface area contributed by atoms with Crippen molar-refractivity contribution < 1.29 is 0 Å². The Balaban J connectivity index is 2.12. The smallest absolute Gasteiger partial charge is 0.100 e. The molecule has 3 fully saturated rings. The summed E-state index contributed by atoms with van der Waals surface area (Å²) in [5.74, 6) is 0.935. The zero-order valence-corrected chi connectivity index (χ0v) is 8.20. The molecule has 2 bridgehead atoms. The van der Waals surface area contributed by atoms with E-state index >= 15 is 0 Å². The maximum atomic E-state index is 3.39. The fourth-order valence-electron chi connectivity index (χ4n) is 3.77. The van der Waals surface area contributed by atoms with Gasteiger partial charge in [0.1, 0.15) is 5.66 Å². The Kier molecular flexibility index (Phi) is 0.978. The van der Waals surface area contributed by atoms with Crippen molar-refractivity contribution in [1.82, 2.24) is 10.9 Å². The summed E-state index contributed by atoms with van der Waals surface area (Å²) in [4.78, 5) is 0. The van der Waals surface area contributed by atoms with Gasteiger partial charge in [-0.1, -0.05) is 20.8 Å². The first-order valence-corrected chi connectivity index (χ1v) is 5.06. The SMILES string of the molecule is CC1(C)[C@@H]2CC[C@@]1(C)C1(C2)NN1. The van der Waals surface area contributed by atoms with E-state index in [9.17, 15) is 0 Å². The lowest BCUT2D eigenvalue weighted by Gasteiger charge is -2.37. The number of hydrogen-bond acceptors (Lipinski definition) is 2. The Morgan fingerprint density at radius 1 is 1.17 bits per heavy atom. The molecule has 2 N–H and O–H groups in total. The van der Waals surface area contributed by atoms with E-state index in [1.807, 2.05) is 0 Å². The monoisotopic (exact) mass is 166 g/mol. The van der Waals surface area contributed by atoms with Gasteiger partial charge >= 0.3 is 0 Å². The minimum atomic E-state index is 0.333. The lowest BCUT2D eigenvalue weighted by Crippen LogP contribution is -2.41. The van der Waals surface area contributed by atoms with E-state index < -0.39 is 0 Å². The van der Waals surface area contributed by atoms with E-state index in [4.69, 9.17) is 0 Å². The standard InChI is InChI=1S/C10H18N2/c1-8(2)7-4-5-9(8,3)10(6-7)11-12-10/h7,11-12H,4-6H2,1-3H3/t7-,9-/m1/s1. The van der Waals surface area contributed by atoms with Crippen molar-refractivity contribution >= 4 is 0 Å². The van der Waals surface area contributed by atoms with Gasteiger partial charge in [0, 0.05) is 5.41 Å². The van der Waals surface area contributed by atoms with Crippen LogP contribution in [0.1, 0.15) is 40.0 Å². The maximum Gasteiger partial charge on any atom is 0.100 e. The predicted molar refractivity (Wildman–Crippen MR) is 48.2 cm³/mol. The number of nitrogens with one attached hydrogen (secondary N) is 2. The third-order valence-electron chi connectivity index (χ3n) is 5.36. The van der Waals surface area contributed by atoms with Crippen LogP contribution in [0.15, 0.2) is 0 Å². The molecule has 68 valence electrons. The molecular formula is C10H18N2. The molecule has 1 saturated heterocycles. The molecule has 1 aliphatic heterocycles. The Bertz CT molecular complexity index is 242. The number of rotatable bonds is 0. The van der Waals surface area contributed by atoms with Crippen LogP contribution in [-0.2, 0) is 0 Å². The largest absolute Gasteiger partial charge is 0.234 e.